The summed E-state index contributed by atoms with van der Waals surface area (Å²) in [6, 6.07) is 0. The van der Waals surface area contributed by atoms with Crippen molar-refractivity contribution in [3.8, 4) is 0 Å². The molecule has 0 aromatic carbocycles. The van der Waals surface area contributed by atoms with Crippen LogP contribution in [-0.2, 0) is 19.9 Å². The predicted octanol–water partition coefficient (Wildman–Crippen LogP) is 1.83. The number of aromatic nitrogens is 3. The smallest absolute Gasteiger partial charge is 0.151 e. The quantitative estimate of drug-likeness (QED) is 0.867. The molecule has 0 aliphatic heterocycles. The van der Waals surface area contributed by atoms with E-state index in [4.69, 9.17) is 5.73 Å². The molecule has 1 aliphatic rings. The highest BCUT2D eigenvalue weighted by Crippen LogP contribution is 2.29. The van der Waals surface area contributed by atoms with Gasteiger partial charge in [0.05, 0.1) is 0 Å². The van der Waals surface area contributed by atoms with Crippen LogP contribution in [0.2, 0.25) is 0 Å². The predicted molar refractivity (Wildman–Crippen MR) is 68.6 cm³/mol. The van der Waals surface area contributed by atoms with Gasteiger partial charge in [-0.3, -0.25) is 4.68 Å². The van der Waals surface area contributed by atoms with E-state index in [0.717, 1.165) is 37.3 Å². The minimum absolute atomic E-state index is 0.0319. The molecule has 0 atom stereocenters. The zero-order valence-corrected chi connectivity index (χ0v) is 11.2. The van der Waals surface area contributed by atoms with Gasteiger partial charge in [0, 0.05) is 25.4 Å². The molecule has 0 saturated heterocycles. The molecule has 1 heterocycles. The molecule has 0 amide bonds. The molecular weight excluding hydrogens is 212 g/mol. The molecule has 0 unspecified atom stereocenters. The minimum atomic E-state index is -0.0319. The molecule has 4 heteroatoms. The summed E-state index contributed by atoms with van der Waals surface area (Å²) in [6.45, 7) is 4.38. The topological polar surface area (TPSA) is 56.7 Å². The number of aryl methyl sites for hydroxylation is 1. The Morgan fingerprint density at radius 2 is 2.00 bits per heavy atom. The van der Waals surface area contributed by atoms with E-state index in [1.807, 2.05) is 11.7 Å². The minimum Gasteiger partial charge on any atom is -0.325 e. The Balaban J connectivity index is 2.07. The van der Waals surface area contributed by atoms with Gasteiger partial charge >= 0.3 is 0 Å². The zero-order valence-electron chi connectivity index (χ0n) is 11.2. The van der Waals surface area contributed by atoms with E-state index in [-0.39, 0.29) is 5.54 Å². The Bertz CT molecular complexity index is 375. The van der Waals surface area contributed by atoms with Gasteiger partial charge in [0.2, 0.25) is 0 Å². The first-order valence-corrected chi connectivity index (χ1v) is 6.66. The SMILES string of the molecule is CC(C)Cc1nc(CC2(N)CCCC2)n(C)n1. The molecule has 1 fully saturated rings. The largest absolute Gasteiger partial charge is 0.325 e. The van der Waals surface area contributed by atoms with Gasteiger partial charge in [-0.15, -0.1) is 0 Å². The maximum atomic E-state index is 6.39. The Morgan fingerprint density at radius 3 is 2.59 bits per heavy atom. The number of nitrogens with two attached hydrogens (primary N) is 1. The summed E-state index contributed by atoms with van der Waals surface area (Å²) in [7, 11) is 1.98. The van der Waals surface area contributed by atoms with Gasteiger partial charge in [0.15, 0.2) is 5.82 Å². The second-order valence-electron chi connectivity index (χ2n) is 5.91. The lowest BCUT2D eigenvalue weighted by molar-refractivity contribution is 0.418. The third-order valence-electron chi connectivity index (χ3n) is 3.60. The van der Waals surface area contributed by atoms with E-state index in [0.29, 0.717) is 5.92 Å². The normalized spacial score (nSPS) is 19.1. The standard InChI is InChI=1S/C13H24N4/c1-10(2)8-11-15-12(17(3)16-11)9-13(14)6-4-5-7-13/h10H,4-9,14H2,1-3H3. The van der Waals surface area contributed by atoms with E-state index < -0.39 is 0 Å². The first kappa shape index (κ1) is 12.6. The molecule has 0 bridgehead atoms. The molecule has 2 rings (SSSR count). The Hall–Kier alpha value is -0.900. The van der Waals surface area contributed by atoms with Crippen molar-refractivity contribution in [3.63, 3.8) is 0 Å². The van der Waals surface area contributed by atoms with Gasteiger partial charge in [-0.25, -0.2) is 4.98 Å². The van der Waals surface area contributed by atoms with E-state index in [2.05, 4.69) is 23.9 Å². The first-order chi connectivity index (χ1) is 7.98. The summed E-state index contributed by atoms with van der Waals surface area (Å²) in [5, 5.41) is 4.47. The van der Waals surface area contributed by atoms with Gasteiger partial charge in [-0.1, -0.05) is 26.7 Å². The van der Waals surface area contributed by atoms with Crippen molar-refractivity contribution in [3.05, 3.63) is 11.6 Å². The van der Waals surface area contributed by atoms with Crippen molar-refractivity contribution in [1.29, 1.82) is 0 Å². The molecule has 2 N–H and O–H groups in total. The van der Waals surface area contributed by atoms with E-state index >= 15 is 0 Å². The Labute approximate surface area is 104 Å². The van der Waals surface area contributed by atoms with Crippen LogP contribution in [0.25, 0.3) is 0 Å². The zero-order chi connectivity index (χ0) is 12.5. The molecule has 96 valence electrons. The number of nitrogens with zero attached hydrogens (tertiary/aromatic N) is 3. The molecule has 1 aliphatic carbocycles. The van der Waals surface area contributed by atoms with Crippen LogP contribution in [0.3, 0.4) is 0 Å². The molecule has 1 aromatic heterocycles. The van der Waals surface area contributed by atoms with Gasteiger partial charge < -0.3 is 5.73 Å². The highest BCUT2D eigenvalue weighted by Gasteiger charge is 2.31. The van der Waals surface area contributed by atoms with E-state index in [9.17, 15) is 0 Å². The summed E-state index contributed by atoms with van der Waals surface area (Å²) in [5.74, 6) is 2.60. The highest BCUT2D eigenvalue weighted by molar-refractivity contribution is 5.02. The van der Waals surface area contributed by atoms with Crippen molar-refractivity contribution in [2.75, 3.05) is 0 Å². The van der Waals surface area contributed by atoms with Crippen molar-refractivity contribution in [2.45, 2.75) is 57.9 Å². The lowest BCUT2D eigenvalue weighted by atomic mass is 9.94. The fourth-order valence-corrected chi connectivity index (χ4v) is 2.65. The van der Waals surface area contributed by atoms with Crippen LogP contribution in [0, 0.1) is 5.92 Å². The molecule has 1 aromatic rings. The van der Waals surface area contributed by atoms with Crippen LogP contribution < -0.4 is 5.73 Å². The summed E-state index contributed by atoms with van der Waals surface area (Å²) in [4.78, 5) is 4.63. The maximum absolute atomic E-state index is 6.39. The van der Waals surface area contributed by atoms with Crippen LogP contribution in [0.1, 0.15) is 51.2 Å². The lowest BCUT2D eigenvalue weighted by Crippen LogP contribution is -2.39. The average Bonchev–Trinajstić information content (AvgIpc) is 2.74. The number of hydrogen-bond donors (Lipinski definition) is 1. The highest BCUT2D eigenvalue weighted by atomic mass is 15.3. The summed E-state index contributed by atoms with van der Waals surface area (Å²) >= 11 is 0. The fraction of sp³-hybridized carbons (Fsp3) is 0.846. The number of rotatable bonds is 4. The third-order valence-corrected chi connectivity index (χ3v) is 3.60. The molecule has 0 spiro atoms. The van der Waals surface area contributed by atoms with Gasteiger partial charge in [-0.2, -0.15) is 5.10 Å². The summed E-state index contributed by atoms with van der Waals surface area (Å²) < 4.78 is 1.91. The van der Waals surface area contributed by atoms with Gasteiger partial charge in [-0.05, 0) is 18.8 Å². The Morgan fingerprint density at radius 1 is 1.35 bits per heavy atom. The van der Waals surface area contributed by atoms with Crippen LogP contribution in [0.5, 0.6) is 0 Å². The molecule has 17 heavy (non-hydrogen) atoms. The van der Waals surface area contributed by atoms with Crippen LogP contribution >= 0.6 is 0 Å². The van der Waals surface area contributed by atoms with Gasteiger partial charge in [0.1, 0.15) is 5.82 Å². The third kappa shape index (κ3) is 3.06. The van der Waals surface area contributed by atoms with Crippen molar-refractivity contribution >= 4 is 0 Å². The summed E-state index contributed by atoms with van der Waals surface area (Å²) in [6.07, 6.45) is 6.58. The number of hydrogen-bond acceptors (Lipinski definition) is 3. The van der Waals surface area contributed by atoms with Crippen LogP contribution in [-0.4, -0.2) is 20.3 Å². The molecular formula is C13H24N4. The average molecular weight is 236 g/mol. The second-order valence-corrected chi connectivity index (χ2v) is 5.91. The molecule has 4 nitrogen and oxygen atoms in total. The van der Waals surface area contributed by atoms with Crippen LogP contribution in [0.15, 0.2) is 0 Å². The van der Waals surface area contributed by atoms with Crippen molar-refractivity contribution in [2.24, 2.45) is 18.7 Å². The fourth-order valence-electron chi connectivity index (χ4n) is 2.65. The second kappa shape index (κ2) is 4.77. The van der Waals surface area contributed by atoms with Crippen LogP contribution in [0.4, 0.5) is 0 Å². The van der Waals surface area contributed by atoms with E-state index in [1.54, 1.807) is 0 Å². The maximum Gasteiger partial charge on any atom is 0.151 e. The van der Waals surface area contributed by atoms with Gasteiger partial charge in [0.25, 0.3) is 0 Å². The summed E-state index contributed by atoms with van der Waals surface area (Å²) in [5.41, 5.74) is 6.36. The lowest BCUT2D eigenvalue weighted by Gasteiger charge is -2.22. The Kier molecular flexibility index (Phi) is 3.52. The molecule has 0 radical (unpaired) electrons. The molecule has 1 saturated carbocycles. The van der Waals surface area contributed by atoms with Crippen molar-refractivity contribution in [1.82, 2.24) is 14.8 Å². The van der Waals surface area contributed by atoms with Crippen molar-refractivity contribution < 1.29 is 0 Å². The van der Waals surface area contributed by atoms with E-state index in [1.165, 1.54) is 12.8 Å². The first-order valence-electron chi connectivity index (χ1n) is 6.66. The monoisotopic (exact) mass is 236 g/mol.